The molecular formula is C17H20N2S2. The number of fused-ring (bicyclic) bond motifs is 1. The Labute approximate surface area is 133 Å². The fourth-order valence-corrected chi connectivity index (χ4v) is 4.38. The molecule has 0 amide bonds. The van der Waals surface area contributed by atoms with Gasteiger partial charge in [0.15, 0.2) is 0 Å². The number of para-hydroxylation sites is 1. The third-order valence-electron chi connectivity index (χ3n) is 3.46. The normalized spacial score (nSPS) is 12.9. The van der Waals surface area contributed by atoms with E-state index in [1.54, 1.807) is 0 Å². The second kappa shape index (κ2) is 6.69. The summed E-state index contributed by atoms with van der Waals surface area (Å²) in [4.78, 5) is 7.57. The second-order valence-electron chi connectivity index (χ2n) is 5.23. The van der Waals surface area contributed by atoms with E-state index in [1.807, 2.05) is 22.7 Å². The Balaban J connectivity index is 1.83. The predicted octanol–water partition coefficient (Wildman–Crippen LogP) is 4.95. The van der Waals surface area contributed by atoms with Gasteiger partial charge in [0.25, 0.3) is 0 Å². The topological polar surface area (TPSA) is 24.9 Å². The van der Waals surface area contributed by atoms with Crippen LogP contribution in [0.3, 0.4) is 0 Å². The maximum absolute atomic E-state index is 4.78. The zero-order chi connectivity index (χ0) is 14.7. The van der Waals surface area contributed by atoms with E-state index in [0.29, 0.717) is 6.04 Å². The highest BCUT2D eigenvalue weighted by atomic mass is 32.1. The van der Waals surface area contributed by atoms with Gasteiger partial charge in [0.1, 0.15) is 0 Å². The van der Waals surface area contributed by atoms with Gasteiger partial charge in [-0.3, -0.25) is 0 Å². The first-order valence-electron chi connectivity index (χ1n) is 7.40. The van der Waals surface area contributed by atoms with Gasteiger partial charge in [0.05, 0.1) is 15.2 Å². The van der Waals surface area contributed by atoms with E-state index < -0.39 is 0 Å². The fraction of sp³-hybridized carbons (Fsp3) is 0.353. The minimum atomic E-state index is 0.379. The minimum Gasteiger partial charge on any atom is -0.309 e. The highest BCUT2D eigenvalue weighted by molar-refractivity contribution is 7.18. The third-order valence-corrected chi connectivity index (χ3v) is 5.64. The summed E-state index contributed by atoms with van der Waals surface area (Å²) in [5, 5.41) is 4.89. The molecule has 0 saturated heterocycles. The van der Waals surface area contributed by atoms with Gasteiger partial charge in [0, 0.05) is 22.2 Å². The number of aryl methyl sites for hydroxylation is 1. The van der Waals surface area contributed by atoms with Crippen LogP contribution in [0.25, 0.3) is 10.2 Å². The molecule has 3 aromatic rings. The first-order chi connectivity index (χ1) is 10.3. The molecule has 0 bridgehead atoms. The lowest BCUT2D eigenvalue weighted by atomic mass is 10.1. The lowest BCUT2D eigenvalue weighted by Crippen LogP contribution is -2.23. The molecule has 0 radical (unpaired) electrons. The van der Waals surface area contributed by atoms with Crippen molar-refractivity contribution in [2.24, 2.45) is 0 Å². The molecule has 2 aromatic heterocycles. The molecule has 110 valence electrons. The third kappa shape index (κ3) is 3.51. The van der Waals surface area contributed by atoms with Gasteiger partial charge >= 0.3 is 0 Å². The molecule has 1 N–H and O–H groups in total. The molecule has 0 saturated carbocycles. The molecule has 1 aromatic carbocycles. The number of nitrogens with one attached hydrogen (secondary N) is 1. The van der Waals surface area contributed by atoms with Crippen LogP contribution in [0.5, 0.6) is 0 Å². The summed E-state index contributed by atoms with van der Waals surface area (Å²) in [5.74, 6) is 0. The van der Waals surface area contributed by atoms with E-state index in [4.69, 9.17) is 4.98 Å². The summed E-state index contributed by atoms with van der Waals surface area (Å²) in [7, 11) is 0. The quantitative estimate of drug-likeness (QED) is 0.696. The number of thiazole rings is 1. The molecule has 0 aliphatic heterocycles. The number of nitrogens with zero attached hydrogens (tertiary/aromatic N) is 1. The maximum Gasteiger partial charge on any atom is 0.0957 e. The number of hydrogen-bond donors (Lipinski definition) is 1. The summed E-state index contributed by atoms with van der Waals surface area (Å²) in [6.07, 6.45) is 2.13. The number of aromatic nitrogens is 1. The molecule has 3 rings (SSSR count). The Bertz CT molecular complexity index is 681. The van der Waals surface area contributed by atoms with Crippen LogP contribution in [0, 0.1) is 6.92 Å². The van der Waals surface area contributed by atoms with Crippen molar-refractivity contribution in [3.8, 4) is 0 Å². The molecule has 2 heterocycles. The second-order valence-corrected chi connectivity index (χ2v) is 7.67. The van der Waals surface area contributed by atoms with E-state index in [1.165, 1.54) is 19.5 Å². The summed E-state index contributed by atoms with van der Waals surface area (Å²) < 4.78 is 1.28. The van der Waals surface area contributed by atoms with Crippen molar-refractivity contribution in [3.05, 3.63) is 51.2 Å². The molecule has 1 unspecified atom stereocenters. The van der Waals surface area contributed by atoms with Gasteiger partial charge < -0.3 is 5.32 Å². The maximum atomic E-state index is 4.78. The monoisotopic (exact) mass is 316 g/mol. The van der Waals surface area contributed by atoms with Gasteiger partial charge in [0.2, 0.25) is 0 Å². The standard InChI is InChI=1S/C17H20N2S2/c1-3-10-18-14(16-9-8-12(2)20-16)11-17-19-13-6-4-5-7-15(13)21-17/h4-9,14,18H,3,10-11H2,1-2H3. The van der Waals surface area contributed by atoms with Crippen LogP contribution in [0.4, 0.5) is 0 Å². The smallest absolute Gasteiger partial charge is 0.0957 e. The van der Waals surface area contributed by atoms with Crippen molar-refractivity contribution < 1.29 is 0 Å². The minimum absolute atomic E-state index is 0.379. The summed E-state index contributed by atoms with van der Waals surface area (Å²) in [6, 6.07) is 13.2. The van der Waals surface area contributed by atoms with E-state index >= 15 is 0 Å². The lowest BCUT2D eigenvalue weighted by molar-refractivity contribution is 0.536. The average molecular weight is 316 g/mol. The molecule has 0 aliphatic carbocycles. The summed E-state index contributed by atoms with van der Waals surface area (Å²) >= 11 is 3.70. The molecule has 0 aliphatic rings. The molecule has 21 heavy (non-hydrogen) atoms. The highest BCUT2D eigenvalue weighted by Gasteiger charge is 2.16. The van der Waals surface area contributed by atoms with E-state index in [0.717, 1.165) is 24.9 Å². The van der Waals surface area contributed by atoms with Crippen LogP contribution in [0.2, 0.25) is 0 Å². The lowest BCUT2D eigenvalue weighted by Gasteiger charge is -2.15. The number of thiophene rings is 1. The highest BCUT2D eigenvalue weighted by Crippen LogP contribution is 2.29. The van der Waals surface area contributed by atoms with Gasteiger partial charge in [-0.25, -0.2) is 4.98 Å². The Morgan fingerprint density at radius 1 is 1.14 bits per heavy atom. The summed E-state index contributed by atoms with van der Waals surface area (Å²) in [6.45, 7) is 5.43. The predicted molar refractivity (Wildman–Crippen MR) is 93.4 cm³/mol. The zero-order valence-electron chi connectivity index (χ0n) is 12.4. The van der Waals surface area contributed by atoms with E-state index in [2.05, 4.69) is 55.6 Å². The number of benzene rings is 1. The van der Waals surface area contributed by atoms with Crippen molar-refractivity contribution in [1.82, 2.24) is 10.3 Å². The Hall–Kier alpha value is -1.23. The van der Waals surface area contributed by atoms with Crippen LogP contribution in [0.1, 0.15) is 34.1 Å². The van der Waals surface area contributed by atoms with Crippen LogP contribution in [-0.4, -0.2) is 11.5 Å². The van der Waals surface area contributed by atoms with Gasteiger partial charge in [-0.05, 0) is 44.2 Å². The first-order valence-corrected chi connectivity index (χ1v) is 9.03. The van der Waals surface area contributed by atoms with Gasteiger partial charge in [-0.2, -0.15) is 0 Å². The number of rotatable bonds is 6. The van der Waals surface area contributed by atoms with E-state index in [-0.39, 0.29) is 0 Å². The van der Waals surface area contributed by atoms with Gasteiger partial charge in [-0.1, -0.05) is 19.1 Å². The fourth-order valence-electron chi connectivity index (χ4n) is 2.41. The Kier molecular flexibility index (Phi) is 4.68. The molecule has 4 heteroatoms. The summed E-state index contributed by atoms with van der Waals surface area (Å²) in [5.41, 5.74) is 1.12. The molecule has 0 fully saturated rings. The molecule has 1 atom stereocenters. The van der Waals surface area contributed by atoms with Crippen molar-refractivity contribution in [2.75, 3.05) is 6.54 Å². The van der Waals surface area contributed by atoms with E-state index in [9.17, 15) is 0 Å². The SMILES string of the molecule is CCCNC(Cc1nc2ccccc2s1)c1ccc(C)s1. The molecule has 2 nitrogen and oxygen atoms in total. The Morgan fingerprint density at radius 3 is 2.71 bits per heavy atom. The molecular weight excluding hydrogens is 296 g/mol. The average Bonchev–Trinajstić information content (AvgIpc) is 3.08. The molecule has 0 spiro atoms. The van der Waals surface area contributed by atoms with Gasteiger partial charge in [-0.15, -0.1) is 22.7 Å². The first kappa shape index (κ1) is 14.7. The Morgan fingerprint density at radius 2 is 2.00 bits per heavy atom. The zero-order valence-corrected chi connectivity index (χ0v) is 14.1. The largest absolute Gasteiger partial charge is 0.309 e. The van der Waals surface area contributed by atoms with Crippen molar-refractivity contribution in [1.29, 1.82) is 0 Å². The van der Waals surface area contributed by atoms with Crippen LogP contribution in [-0.2, 0) is 6.42 Å². The van der Waals surface area contributed by atoms with Crippen LogP contribution >= 0.6 is 22.7 Å². The number of hydrogen-bond acceptors (Lipinski definition) is 4. The van der Waals surface area contributed by atoms with Crippen LogP contribution in [0.15, 0.2) is 36.4 Å². The van der Waals surface area contributed by atoms with Crippen molar-refractivity contribution in [3.63, 3.8) is 0 Å². The van der Waals surface area contributed by atoms with Crippen molar-refractivity contribution in [2.45, 2.75) is 32.7 Å². The van der Waals surface area contributed by atoms with Crippen LogP contribution < -0.4 is 5.32 Å². The van der Waals surface area contributed by atoms with Crippen molar-refractivity contribution >= 4 is 32.9 Å².